The van der Waals surface area contributed by atoms with Crippen molar-refractivity contribution in [2.45, 2.75) is 20.0 Å². The van der Waals surface area contributed by atoms with E-state index in [9.17, 15) is 4.79 Å². The number of ether oxygens (including phenoxy) is 1. The van der Waals surface area contributed by atoms with E-state index in [2.05, 4.69) is 23.6 Å². The topological polar surface area (TPSA) is 26.3 Å². The highest BCUT2D eigenvalue weighted by atomic mass is 32.1. The minimum atomic E-state index is -0.242. The van der Waals surface area contributed by atoms with Gasteiger partial charge in [0.15, 0.2) is 0 Å². The Labute approximate surface area is 92.5 Å². The molecular weight excluding hydrogens is 208 g/mol. The molecule has 0 radical (unpaired) electrons. The van der Waals surface area contributed by atoms with Gasteiger partial charge in [-0.05, 0) is 35.4 Å². The number of rotatable bonds is 2. The van der Waals surface area contributed by atoms with Gasteiger partial charge in [0.25, 0.3) is 0 Å². The van der Waals surface area contributed by atoms with Crippen LogP contribution in [0.3, 0.4) is 0 Å². The largest absolute Gasteiger partial charge is 0.458 e. The first kappa shape index (κ1) is 10.2. The van der Waals surface area contributed by atoms with Crippen LogP contribution < -0.4 is 0 Å². The van der Waals surface area contributed by atoms with Crippen LogP contribution in [0.2, 0.25) is 0 Å². The number of fused-ring (bicyclic) bond motifs is 1. The standard InChI is InChI=1S/C12H12O2S/c1-8(14-9(2)13)11-4-3-10-5-6-15-12(10)7-11/h3-8H,1-2H3. The Morgan fingerprint density at radius 1 is 1.40 bits per heavy atom. The SMILES string of the molecule is CC(=O)OC(C)c1ccc2ccsc2c1. The summed E-state index contributed by atoms with van der Waals surface area (Å²) in [6, 6.07) is 8.22. The summed E-state index contributed by atoms with van der Waals surface area (Å²) in [5, 5.41) is 3.30. The molecule has 1 atom stereocenters. The summed E-state index contributed by atoms with van der Waals surface area (Å²) in [6.45, 7) is 3.32. The van der Waals surface area contributed by atoms with Crippen LogP contribution in [-0.2, 0) is 9.53 Å². The van der Waals surface area contributed by atoms with Crippen molar-refractivity contribution in [1.82, 2.24) is 0 Å². The maximum atomic E-state index is 10.8. The molecule has 0 saturated carbocycles. The Balaban J connectivity index is 2.30. The van der Waals surface area contributed by atoms with Crippen molar-refractivity contribution < 1.29 is 9.53 Å². The van der Waals surface area contributed by atoms with Gasteiger partial charge in [-0.25, -0.2) is 0 Å². The van der Waals surface area contributed by atoms with E-state index in [-0.39, 0.29) is 12.1 Å². The number of carbonyl (C=O) groups excluding carboxylic acids is 1. The first-order valence-electron chi connectivity index (χ1n) is 4.81. The van der Waals surface area contributed by atoms with Gasteiger partial charge in [-0.2, -0.15) is 0 Å². The predicted octanol–water partition coefficient (Wildman–Crippen LogP) is 3.53. The molecule has 0 fully saturated rings. The van der Waals surface area contributed by atoms with Crippen molar-refractivity contribution in [3.8, 4) is 0 Å². The lowest BCUT2D eigenvalue weighted by molar-refractivity contribution is -0.145. The van der Waals surface area contributed by atoms with E-state index < -0.39 is 0 Å². The molecule has 1 aromatic carbocycles. The summed E-state index contributed by atoms with van der Waals surface area (Å²) < 4.78 is 6.36. The van der Waals surface area contributed by atoms with E-state index in [0.717, 1.165) is 5.56 Å². The van der Waals surface area contributed by atoms with Crippen molar-refractivity contribution in [1.29, 1.82) is 0 Å². The van der Waals surface area contributed by atoms with Gasteiger partial charge in [0, 0.05) is 11.6 Å². The van der Waals surface area contributed by atoms with E-state index in [1.165, 1.54) is 17.0 Å². The molecule has 2 nitrogen and oxygen atoms in total. The van der Waals surface area contributed by atoms with Gasteiger partial charge >= 0.3 is 5.97 Å². The van der Waals surface area contributed by atoms with Gasteiger partial charge in [-0.1, -0.05) is 12.1 Å². The highest BCUT2D eigenvalue weighted by molar-refractivity contribution is 7.17. The van der Waals surface area contributed by atoms with E-state index in [0.29, 0.717) is 0 Å². The highest BCUT2D eigenvalue weighted by Gasteiger charge is 2.09. The Morgan fingerprint density at radius 3 is 2.93 bits per heavy atom. The molecule has 1 heterocycles. The maximum Gasteiger partial charge on any atom is 0.303 e. The molecule has 2 rings (SSSR count). The molecule has 1 aromatic heterocycles. The number of hydrogen-bond donors (Lipinski definition) is 0. The molecular formula is C12H12O2S. The zero-order valence-electron chi connectivity index (χ0n) is 8.69. The van der Waals surface area contributed by atoms with Crippen molar-refractivity contribution in [3.05, 3.63) is 35.2 Å². The number of benzene rings is 1. The van der Waals surface area contributed by atoms with Crippen LogP contribution in [0.5, 0.6) is 0 Å². The molecule has 0 bridgehead atoms. The van der Waals surface area contributed by atoms with Crippen molar-refractivity contribution in [2.24, 2.45) is 0 Å². The lowest BCUT2D eigenvalue weighted by Crippen LogP contribution is -2.04. The molecule has 0 aliphatic heterocycles. The van der Waals surface area contributed by atoms with E-state index in [4.69, 9.17) is 4.74 Å². The van der Waals surface area contributed by atoms with Crippen LogP contribution in [0.1, 0.15) is 25.5 Å². The molecule has 0 aliphatic carbocycles. The Morgan fingerprint density at radius 2 is 2.20 bits per heavy atom. The Bertz CT molecular complexity index is 487. The van der Waals surface area contributed by atoms with Gasteiger partial charge < -0.3 is 4.74 Å². The first-order chi connectivity index (χ1) is 7.16. The third kappa shape index (κ3) is 2.18. The Kier molecular flexibility index (Phi) is 2.73. The quantitative estimate of drug-likeness (QED) is 0.724. The van der Waals surface area contributed by atoms with Gasteiger partial charge in [0.05, 0.1) is 0 Å². The van der Waals surface area contributed by atoms with Crippen LogP contribution in [0.15, 0.2) is 29.6 Å². The lowest BCUT2D eigenvalue weighted by Gasteiger charge is -2.11. The summed E-state index contributed by atoms with van der Waals surface area (Å²) >= 11 is 1.70. The fourth-order valence-electron chi connectivity index (χ4n) is 1.54. The molecule has 0 aliphatic rings. The van der Waals surface area contributed by atoms with Crippen molar-refractivity contribution in [3.63, 3.8) is 0 Å². The van der Waals surface area contributed by atoms with Crippen molar-refractivity contribution >= 4 is 27.4 Å². The molecule has 0 N–H and O–H groups in total. The van der Waals surface area contributed by atoms with E-state index in [1.54, 1.807) is 11.3 Å². The predicted molar refractivity (Wildman–Crippen MR) is 62.0 cm³/mol. The van der Waals surface area contributed by atoms with Gasteiger partial charge in [-0.3, -0.25) is 4.79 Å². The monoisotopic (exact) mass is 220 g/mol. The molecule has 78 valence electrons. The molecule has 1 unspecified atom stereocenters. The number of hydrogen-bond acceptors (Lipinski definition) is 3. The lowest BCUT2D eigenvalue weighted by atomic mass is 10.1. The second-order valence-electron chi connectivity index (χ2n) is 3.47. The van der Waals surface area contributed by atoms with Crippen LogP contribution in [0.25, 0.3) is 10.1 Å². The fourth-order valence-corrected chi connectivity index (χ4v) is 2.38. The summed E-state index contributed by atoms with van der Waals surface area (Å²) in [7, 11) is 0. The number of carbonyl (C=O) groups is 1. The zero-order chi connectivity index (χ0) is 10.8. The molecule has 3 heteroatoms. The molecule has 0 saturated heterocycles. The number of esters is 1. The zero-order valence-corrected chi connectivity index (χ0v) is 9.51. The fraction of sp³-hybridized carbons (Fsp3) is 0.250. The third-order valence-electron chi connectivity index (χ3n) is 2.29. The highest BCUT2D eigenvalue weighted by Crippen LogP contribution is 2.26. The summed E-state index contributed by atoms with van der Waals surface area (Å²) in [6.07, 6.45) is -0.172. The van der Waals surface area contributed by atoms with Crippen LogP contribution in [-0.4, -0.2) is 5.97 Å². The summed E-state index contributed by atoms with van der Waals surface area (Å²) in [4.78, 5) is 10.8. The van der Waals surface area contributed by atoms with E-state index >= 15 is 0 Å². The third-order valence-corrected chi connectivity index (χ3v) is 3.17. The van der Waals surface area contributed by atoms with Crippen molar-refractivity contribution in [2.75, 3.05) is 0 Å². The van der Waals surface area contributed by atoms with Crippen LogP contribution in [0, 0.1) is 0 Å². The molecule has 15 heavy (non-hydrogen) atoms. The van der Waals surface area contributed by atoms with Gasteiger partial charge in [0.1, 0.15) is 6.10 Å². The maximum absolute atomic E-state index is 10.8. The average molecular weight is 220 g/mol. The first-order valence-corrected chi connectivity index (χ1v) is 5.69. The summed E-state index contributed by atoms with van der Waals surface area (Å²) in [5.74, 6) is -0.242. The van der Waals surface area contributed by atoms with Crippen LogP contribution >= 0.6 is 11.3 Å². The second-order valence-corrected chi connectivity index (χ2v) is 4.42. The second kappa shape index (κ2) is 4.03. The number of thiophene rings is 1. The molecule has 0 amide bonds. The molecule has 0 spiro atoms. The smallest absolute Gasteiger partial charge is 0.303 e. The van der Waals surface area contributed by atoms with E-state index in [1.807, 2.05) is 13.0 Å². The van der Waals surface area contributed by atoms with Gasteiger partial charge in [0.2, 0.25) is 0 Å². The average Bonchev–Trinajstić information content (AvgIpc) is 2.62. The minimum Gasteiger partial charge on any atom is -0.458 e. The molecule has 2 aromatic rings. The Hall–Kier alpha value is -1.35. The van der Waals surface area contributed by atoms with Crippen LogP contribution in [0.4, 0.5) is 0 Å². The normalized spacial score (nSPS) is 12.7. The summed E-state index contributed by atoms with van der Waals surface area (Å²) in [5.41, 5.74) is 1.04. The minimum absolute atomic E-state index is 0.172. The van der Waals surface area contributed by atoms with Gasteiger partial charge in [-0.15, -0.1) is 11.3 Å².